The molecule has 7 nitrogen and oxygen atoms in total. The van der Waals surface area contributed by atoms with Gasteiger partial charge in [-0.1, -0.05) is 6.07 Å². The number of piperidine rings is 1. The fourth-order valence-electron chi connectivity index (χ4n) is 5.48. The van der Waals surface area contributed by atoms with Crippen LogP contribution in [-0.2, 0) is 13.5 Å². The second kappa shape index (κ2) is 8.07. The summed E-state index contributed by atoms with van der Waals surface area (Å²) >= 11 is 0. The van der Waals surface area contributed by atoms with Crippen LogP contribution in [0.3, 0.4) is 0 Å². The van der Waals surface area contributed by atoms with Crippen molar-refractivity contribution >= 4 is 5.91 Å². The zero-order chi connectivity index (χ0) is 24.3. The van der Waals surface area contributed by atoms with Crippen molar-refractivity contribution in [3.63, 3.8) is 0 Å². The minimum Gasteiger partial charge on any atom is -0.327 e. The Kier molecular flexibility index (Phi) is 4.98. The summed E-state index contributed by atoms with van der Waals surface area (Å²) in [6.07, 6.45) is 6.15. The number of nitrogens with zero attached hydrogens (tertiary/aromatic N) is 6. The van der Waals surface area contributed by atoms with E-state index in [1.807, 2.05) is 23.1 Å². The molecule has 4 aromatic rings. The summed E-state index contributed by atoms with van der Waals surface area (Å²) in [6, 6.07) is 8.97. The predicted molar refractivity (Wildman–Crippen MR) is 120 cm³/mol. The molecule has 0 aliphatic carbocycles. The van der Waals surface area contributed by atoms with E-state index in [2.05, 4.69) is 15.3 Å². The Morgan fingerprint density at radius 3 is 2.51 bits per heavy atom. The van der Waals surface area contributed by atoms with Crippen LogP contribution >= 0.6 is 0 Å². The Morgan fingerprint density at radius 1 is 1.03 bits per heavy atom. The molecule has 1 fully saturated rings. The topological polar surface area (TPSA) is 68.8 Å². The second-order valence-corrected chi connectivity index (χ2v) is 9.03. The van der Waals surface area contributed by atoms with E-state index in [9.17, 15) is 18.0 Å². The quantitative estimate of drug-likeness (QED) is 0.410. The number of amides is 1. The number of aromatic nitrogens is 5. The minimum absolute atomic E-state index is 0.0783. The lowest BCUT2D eigenvalue weighted by atomic mass is 9.81. The molecule has 2 aromatic carbocycles. The molecule has 6 rings (SSSR count). The van der Waals surface area contributed by atoms with Crippen LogP contribution in [0.4, 0.5) is 13.2 Å². The highest BCUT2D eigenvalue weighted by Crippen LogP contribution is 2.45. The molecule has 2 bridgehead atoms. The monoisotopic (exact) mass is 478 g/mol. The van der Waals surface area contributed by atoms with Crippen LogP contribution < -0.4 is 0 Å². The Labute approximate surface area is 198 Å². The lowest BCUT2D eigenvalue weighted by Gasteiger charge is -2.45. The Hall–Kier alpha value is -3.95. The van der Waals surface area contributed by atoms with E-state index in [1.54, 1.807) is 35.0 Å². The highest BCUT2D eigenvalue weighted by molar-refractivity contribution is 5.95. The minimum atomic E-state index is -1.49. The van der Waals surface area contributed by atoms with Gasteiger partial charge in [-0.15, -0.1) is 10.2 Å². The predicted octanol–water partition coefficient (Wildman–Crippen LogP) is 4.38. The van der Waals surface area contributed by atoms with E-state index in [4.69, 9.17) is 0 Å². The molecule has 2 atom stereocenters. The molecule has 1 amide bonds. The van der Waals surface area contributed by atoms with Crippen molar-refractivity contribution in [3.8, 4) is 16.9 Å². The van der Waals surface area contributed by atoms with Gasteiger partial charge in [-0.25, -0.2) is 13.2 Å². The van der Waals surface area contributed by atoms with E-state index in [0.29, 0.717) is 17.7 Å². The van der Waals surface area contributed by atoms with Gasteiger partial charge in [0.25, 0.3) is 5.91 Å². The summed E-state index contributed by atoms with van der Waals surface area (Å²) in [4.78, 5) is 15.6. The first-order chi connectivity index (χ1) is 16.9. The van der Waals surface area contributed by atoms with Gasteiger partial charge < -0.3 is 4.90 Å². The van der Waals surface area contributed by atoms with Crippen LogP contribution in [0.5, 0.6) is 0 Å². The van der Waals surface area contributed by atoms with E-state index >= 15 is 0 Å². The average molecular weight is 478 g/mol. The first-order valence-electron chi connectivity index (χ1n) is 11.4. The summed E-state index contributed by atoms with van der Waals surface area (Å²) in [5, 5.41) is 12.3. The van der Waals surface area contributed by atoms with Crippen LogP contribution in [-0.4, -0.2) is 41.4 Å². The number of benzene rings is 2. The summed E-state index contributed by atoms with van der Waals surface area (Å²) in [5.41, 5.74) is 3.70. The van der Waals surface area contributed by atoms with Gasteiger partial charge >= 0.3 is 0 Å². The first kappa shape index (κ1) is 21.6. The van der Waals surface area contributed by atoms with Gasteiger partial charge in [0.15, 0.2) is 17.5 Å². The van der Waals surface area contributed by atoms with E-state index < -0.39 is 17.5 Å². The van der Waals surface area contributed by atoms with Gasteiger partial charge in [0.1, 0.15) is 12.7 Å². The summed E-state index contributed by atoms with van der Waals surface area (Å²) in [7, 11) is 1.70. The normalized spacial score (nSPS) is 19.0. The highest BCUT2D eigenvalue weighted by Gasteiger charge is 2.43. The van der Waals surface area contributed by atoms with Crippen LogP contribution in [0.25, 0.3) is 16.9 Å². The van der Waals surface area contributed by atoms with Crippen LogP contribution in [0.2, 0.25) is 0 Å². The zero-order valence-corrected chi connectivity index (χ0v) is 18.8. The van der Waals surface area contributed by atoms with Gasteiger partial charge in [-0.05, 0) is 56.0 Å². The number of hydrogen-bond donors (Lipinski definition) is 0. The highest BCUT2D eigenvalue weighted by atomic mass is 19.2. The molecule has 2 unspecified atom stereocenters. The Bertz CT molecular complexity index is 1420. The number of hydrogen-bond acceptors (Lipinski definition) is 4. The Balaban J connectivity index is 1.40. The summed E-state index contributed by atoms with van der Waals surface area (Å²) in [6.45, 7) is 0. The van der Waals surface area contributed by atoms with Crippen molar-refractivity contribution in [2.24, 2.45) is 7.05 Å². The van der Waals surface area contributed by atoms with E-state index in [0.717, 1.165) is 48.3 Å². The molecule has 4 heterocycles. The number of aryl methyl sites for hydroxylation is 1. The molecule has 1 saturated heterocycles. The second-order valence-electron chi connectivity index (χ2n) is 9.03. The maximum atomic E-state index is 14.0. The molecule has 0 saturated carbocycles. The molecule has 10 heteroatoms. The van der Waals surface area contributed by atoms with Gasteiger partial charge in [0.05, 0.1) is 17.4 Å². The number of halogens is 3. The SMILES string of the molecule is Cn1nc2c(c1-c1cc(F)c(F)c(F)c1)CC1CCCC2N1C(=O)c1cccc(-n2cnnc2)c1. The number of fused-ring (bicyclic) bond motifs is 4. The number of rotatable bonds is 3. The molecule has 2 aliphatic rings. The van der Waals surface area contributed by atoms with Gasteiger partial charge in [-0.2, -0.15) is 5.10 Å². The zero-order valence-electron chi connectivity index (χ0n) is 18.8. The van der Waals surface area contributed by atoms with Crippen LogP contribution in [0.1, 0.15) is 46.9 Å². The fraction of sp³-hybridized carbons (Fsp3) is 0.280. The lowest BCUT2D eigenvalue weighted by molar-refractivity contribution is 0.0392. The molecule has 178 valence electrons. The van der Waals surface area contributed by atoms with Crippen molar-refractivity contribution in [2.45, 2.75) is 37.8 Å². The summed E-state index contributed by atoms with van der Waals surface area (Å²) in [5.74, 6) is -4.06. The molecule has 35 heavy (non-hydrogen) atoms. The third-order valence-electron chi connectivity index (χ3n) is 6.98. The molecule has 2 aliphatic heterocycles. The molecule has 0 spiro atoms. The smallest absolute Gasteiger partial charge is 0.254 e. The molecule has 0 radical (unpaired) electrons. The fourth-order valence-corrected chi connectivity index (χ4v) is 5.48. The maximum Gasteiger partial charge on any atom is 0.254 e. The van der Waals surface area contributed by atoms with Crippen molar-refractivity contribution in [2.75, 3.05) is 0 Å². The largest absolute Gasteiger partial charge is 0.327 e. The van der Waals surface area contributed by atoms with E-state index in [-0.39, 0.29) is 23.6 Å². The molecule has 2 aromatic heterocycles. The van der Waals surface area contributed by atoms with Crippen molar-refractivity contribution in [3.05, 3.63) is 83.3 Å². The number of carbonyl (C=O) groups excluding carboxylic acids is 1. The first-order valence-corrected chi connectivity index (χ1v) is 11.4. The summed E-state index contributed by atoms with van der Waals surface area (Å²) < 4.78 is 44.9. The average Bonchev–Trinajstić information content (AvgIpc) is 3.50. The van der Waals surface area contributed by atoms with Crippen LogP contribution in [0.15, 0.2) is 49.1 Å². The third-order valence-corrected chi connectivity index (χ3v) is 6.98. The van der Waals surface area contributed by atoms with Gasteiger partial charge in [0.2, 0.25) is 0 Å². The number of carbonyl (C=O) groups is 1. The van der Waals surface area contributed by atoms with Crippen molar-refractivity contribution in [1.29, 1.82) is 0 Å². The standard InChI is InChI=1S/C25H21F3N6O/c1-32-24(15-9-19(26)22(28)20(27)10-15)18-11-17-6-3-7-21(23(18)31-32)34(17)25(35)14-4-2-5-16(8-14)33-12-29-30-13-33/h2,4-5,8-10,12-13,17,21H,3,6-7,11H2,1H3. The van der Waals surface area contributed by atoms with Crippen molar-refractivity contribution < 1.29 is 18.0 Å². The Morgan fingerprint density at radius 2 is 1.77 bits per heavy atom. The maximum absolute atomic E-state index is 14.0. The third kappa shape index (κ3) is 3.43. The van der Waals surface area contributed by atoms with Crippen molar-refractivity contribution in [1.82, 2.24) is 29.4 Å². The molecular weight excluding hydrogens is 457 g/mol. The molecular formula is C25H21F3N6O. The lowest BCUT2D eigenvalue weighted by Crippen LogP contribution is -2.49. The van der Waals surface area contributed by atoms with Gasteiger partial charge in [-0.3, -0.25) is 14.0 Å². The van der Waals surface area contributed by atoms with E-state index in [1.165, 1.54) is 0 Å². The van der Waals surface area contributed by atoms with Crippen LogP contribution in [0, 0.1) is 17.5 Å². The van der Waals surface area contributed by atoms with Gasteiger partial charge in [0, 0.05) is 35.5 Å². The molecule has 0 N–H and O–H groups in total.